The molecule has 2 radical (unpaired) electrons. The molecule has 74 valence electrons. The van der Waals surface area contributed by atoms with Crippen LogP contribution in [-0.2, 0) is 13.7 Å². The molecule has 0 heterocycles. The van der Waals surface area contributed by atoms with Crippen LogP contribution in [0.15, 0.2) is 0 Å². The van der Waals surface area contributed by atoms with E-state index in [0.717, 1.165) is 0 Å². The second-order valence-electron chi connectivity index (χ2n) is 0.671. The Balaban J connectivity index is -0.0000000450. The van der Waals surface area contributed by atoms with E-state index in [4.69, 9.17) is 43.1 Å². The fraction of sp³-hybridized carbons (Fsp3) is 0. The van der Waals surface area contributed by atoms with Crippen molar-refractivity contribution in [2.75, 3.05) is 0 Å². The zero-order valence-corrected chi connectivity index (χ0v) is 11.6. The van der Waals surface area contributed by atoms with Crippen LogP contribution in [0.4, 0.5) is 0 Å². The molecule has 0 aromatic heterocycles. The Hall–Kier alpha value is 0.943. The van der Waals surface area contributed by atoms with Gasteiger partial charge in [0, 0.05) is 0 Å². The van der Waals surface area contributed by atoms with Crippen molar-refractivity contribution in [2.24, 2.45) is 0 Å². The minimum Gasteiger partial charge on any atom is -0.598 e. The molecule has 0 unspecified atom stereocenters. The third kappa shape index (κ3) is 1740. The molecular weight excluding hydrogens is 446 g/mol. The van der Waals surface area contributed by atoms with Crippen LogP contribution in [0.5, 0.6) is 0 Å². The molecule has 13 heteroatoms. The van der Waals surface area contributed by atoms with Gasteiger partial charge in [0.1, 0.15) is 0 Å². The molecule has 0 aromatic rings. The molecule has 0 atom stereocenters. The molecular formula is BiO9P3. The van der Waals surface area contributed by atoms with Crippen molar-refractivity contribution < 1.29 is 43.1 Å². The monoisotopic (exact) mass is 446 g/mol. The average molecular weight is 446 g/mol. The normalized spacial score (nSPS) is 6.00. The van der Waals surface area contributed by atoms with E-state index in [9.17, 15) is 0 Å². The van der Waals surface area contributed by atoms with Gasteiger partial charge >= 0.3 is 26.2 Å². The SMILES string of the molecule is O=[P+]([O-])[O-].O=[P+]([O-])[O-].O=[P+]([O-])[O-].[Bi+3]. The van der Waals surface area contributed by atoms with Gasteiger partial charge in [0.2, 0.25) is 0 Å². The van der Waals surface area contributed by atoms with E-state index in [2.05, 4.69) is 0 Å². The summed E-state index contributed by atoms with van der Waals surface area (Å²) >= 11 is 0. The van der Waals surface area contributed by atoms with Crippen molar-refractivity contribution in [3.63, 3.8) is 0 Å². The van der Waals surface area contributed by atoms with E-state index in [1.165, 1.54) is 0 Å². The summed E-state index contributed by atoms with van der Waals surface area (Å²) in [5.74, 6) is 0. The van der Waals surface area contributed by atoms with Crippen molar-refractivity contribution in [2.45, 2.75) is 0 Å². The van der Waals surface area contributed by atoms with Crippen LogP contribution in [0, 0.1) is 0 Å². The fourth-order valence-electron chi connectivity index (χ4n) is 0. The second kappa shape index (κ2) is 18.7. The molecule has 0 aliphatic heterocycles. The number of rotatable bonds is 0. The van der Waals surface area contributed by atoms with Crippen LogP contribution in [0.2, 0.25) is 0 Å². The van der Waals surface area contributed by atoms with Gasteiger partial charge in [0.25, 0.3) is 24.8 Å². The Labute approximate surface area is 94.0 Å². The molecule has 0 saturated carbocycles. The molecule has 0 amide bonds. The molecule has 0 N–H and O–H groups in total. The molecule has 0 aromatic carbocycles. The minimum atomic E-state index is -3.37. The minimum absolute atomic E-state index is 0. The third-order valence-electron chi connectivity index (χ3n) is 0. The van der Waals surface area contributed by atoms with E-state index in [1.54, 1.807) is 0 Å². The molecule has 0 aliphatic carbocycles. The molecule has 0 rings (SSSR count). The van der Waals surface area contributed by atoms with Crippen molar-refractivity contribution in [3.8, 4) is 0 Å². The van der Waals surface area contributed by atoms with E-state index < -0.39 is 24.8 Å². The molecule has 0 aliphatic rings. The first-order valence-electron chi connectivity index (χ1n) is 1.64. The predicted molar refractivity (Wildman–Crippen MR) is 28.6 cm³/mol. The Morgan fingerprint density at radius 1 is 0.538 bits per heavy atom. The molecule has 0 saturated heterocycles. The van der Waals surface area contributed by atoms with Crippen LogP contribution < -0.4 is 29.4 Å². The van der Waals surface area contributed by atoms with Crippen molar-refractivity contribution in [3.05, 3.63) is 0 Å². The second-order valence-corrected chi connectivity index (χ2v) is 2.01. The van der Waals surface area contributed by atoms with Gasteiger partial charge in [0.05, 0.1) is 0 Å². The summed E-state index contributed by atoms with van der Waals surface area (Å²) in [6.45, 7) is 0. The van der Waals surface area contributed by atoms with Crippen LogP contribution in [0.25, 0.3) is 0 Å². The summed E-state index contributed by atoms with van der Waals surface area (Å²) in [5, 5.41) is 0. The van der Waals surface area contributed by atoms with Gasteiger partial charge in [-0.25, -0.2) is 0 Å². The van der Waals surface area contributed by atoms with Gasteiger partial charge in [0.15, 0.2) is 0 Å². The van der Waals surface area contributed by atoms with Crippen LogP contribution in [0.3, 0.4) is 0 Å². The van der Waals surface area contributed by atoms with Crippen molar-refractivity contribution in [1.82, 2.24) is 0 Å². The first kappa shape index (κ1) is 23.6. The van der Waals surface area contributed by atoms with Gasteiger partial charge < -0.3 is 29.4 Å². The van der Waals surface area contributed by atoms with Gasteiger partial charge in [-0.05, 0) is 0 Å². The summed E-state index contributed by atoms with van der Waals surface area (Å²) in [4.78, 5) is 50.9. The zero-order chi connectivity index (χ0) is 10.7. The first-order valence-corrected chi connectivity index (χ1v) is 4.93. The molecule has 0 bridgehead atoms. The summed E-state index contributed by atoms with van der Waals surface area (Å²) < 4.78 is 25.4. The van der Waals surface area contributed by atoms with Crippen LogP contribution in [-0.4, -0.2) is 26.2 Å². The maximum Gasteiger partial charge on any atom is 3.00 e. The molecule has 9 nitrogen and oxygen atoms in total. The Bertz CT molecular complexity index is 112. The van der Waals surface area contributed by atoms with Gasteiger partial charge in [-0.15, -0.1) is 0 Å². The van der Waals surface area contributed by atoms with E-state index in [0.29, 0.717) is 0 Å². The predicted octanol–water partition coefficient (Wildman–Crippen LogP) is -5.29. The van der Waals surface area contributed by atoms with Crippen LogP contribution >= 0.6 is 24.8 Å². The Morgan fingerprint density at radius 3 is 0.538 bits per heavy atom. The van der Waals surface area contributed by atoms with Crippen LogP contribution in [0.1, 0.15) is 0 Å². The number of hydrogen-bond acceptors (Lipinski definition) is 9. The van der Waals surface area contributed by atoms with Gasteiger partial charge in [-0.2, -0.15) is 0 Å². The maximum atomic E-state index is 8.48. The summed E-state index contributed by atoms with van der Waals surface area (Å²) in [5.41, 5.74) is 0. The maximum absolute atomic E-state index is 8.48. The quantitative estimate of drug-likeness (QED) is 0.259. The van der Waals surface area contributed by atoms with E-state index >= 15 is 0 Å². The standard InChI is InChI=1S/Bi.3HO3P/c;3*1-4(2)3/h;3*(H,1,2,3)/q+3;;;/p-3. The summed E-state index contributed by atoms with van der Waals surface area (Å²) in [6.07, 6.45) is 0. The third-order valence-corrected chi connectivity index (χ3v) is 0. The fourth-order valence-corrected chi connectivity index (χ4v) is 0. The zero-order valence-electron chi connectivity index (χ0n) is 5.46. The Kier molecular flexibility index (Phi) is 33.9. The number of hydrogen-bond donors (Lipinski definition) is 0. The topological polar surface area (TPSA) is 190 Å². The molecule has 0 spiro atoms. The first-order chi connectivity index (χ1) is 5.20. The summed E-state index contributed by atoms with van der Waals surface area (Å²) in [6, 6.07) is 0. The summed E-state index contributed by atoms with van der Waals surface area (Å²) in [7, 11) is -10.1. The Morgan fingerprint density at radius 2 is 0.538 bits per heavy atom. The average Bonchev–Trinajstić information content (AvgIpc) is 1.54. The van der Waals surface area contributed by atoms with Crippen molar-refractivity contribution >= 4 is 51.0 Å². The van der Waals surface area contributed by atoms with Gasteiger partial charge in [-0.1, -0.05) is 13.7 Å². The largest absolute Gasteiger partial charge is 3.00 e. The van der Waals surface area contributed by atoms with E-state index in [-0.39, 0.29) is 26.2 Å². The van der Waals surface area contributed by atoms with E-state index in [1.807, 2.05) is 0 Å². The van der Waals surface area contributed by atoms with Gasteiger partial charge in [-0.3, -0.25) is 0 Å². The molecule has 0 fully saturated rings. The molecule has 13 heavy (non-hydrogen) atoms. The smallest absolute Gasteiger partial charge is 0.598 e. The van der Waals surface area contributed by atoms with Crippen molar-refractivity contribution in [1.29, 1.82) is 0 Å².